The fourth-order valence-corrected chi connectivity index (χ4v) is 2.86. The van der Waals surface area contributed by atoms with E-state index in [1.807, 2.05) is 0 Å². The molecule has 8 heteroatoms. The molecule has 0 fully saturated rings. The number of fused-ring (bicyclic) bond motifs is 1. The number of hydrogen-bond donors (Lipinski definition) is 2. The van der Waals surface area contributed by atoms with E-state index < -0.39 is 23.8 Å². The van der Waals surface area contributed by atoms with E-state index in [1.165, 1.54) is 36.4 Å². The van der Waals surface area contributed by atoms with Crippen molar-refractivity contribution in [2.75, 3.05) is 5.32 Å². The average Bonchev–Trinajstić information content (AvgIpc) is 3.02. The van der Waals surface area contributed by atoms with Crippen molar-refractivity contribution in [1.82, 2.24) is 0 Å². The summed E-state index contributed by atoms with van der Waals surface area (Å²) in [6.07, 6.45) is 0. The number of anilines is 1. The number of hydrogen-bond acceptors (Lipinski definition) is 7. The number of para-hydroxylation sites is 1. The highest BCUT2D eigenvalue weighted by molar-refractivity contribution is 6.16. The molecule has 1 amide bonds. The van der Waals surface area contributed by atoms with E-state index in [9.17, 15) is 24.3 Å². The first kappa shape index (κ1) is 18.9. The lowest BCUT2D eigenvalue weighted by Crippen LogP contribution is -2.13. The molecule has 0 aliphatic carbocycles. The van der Waals surface area contributed by atoms with Gasteiger partial charge in [-0.15, -0.1) is 0 Å². The van der Waals surface area contributed by atoms with Gasteiger partial charge in [0.25, 0.3) is 5.91 Å². The average molecular weight is 403 g/mol. The molecule has 30 heavy (non-hydrogen) atoms. The van der Waals surface area contributed by atoms with E-state index in [-0.39, 0.29) is 33.7 Å². The number of carbonyl (C=O) groups is 4. The lowest BCUT2D eigenvalue weighted by molar-refractivity contribution is 0.0443. The van der Waals surface area contributed by atoms with E-state index in [0.29, 0.717) is 5.75 Å². The molecule has 8 nitrogen and oxygen atoms in total. The van der Waals surface area contributed by atoms with Gasteiger partial charge in [0.05, 0.1) is 11.1 Å². The Hall–Kier alpha value is -4.46. The van der Waals surface area contributed by atoms with Gasteiger partial charge in [-0.3, -0.25) is 4.79 Å². The van der Waals surface area contributed by atoms with Gasteiger partial charge >= 0.3 is 17.9 Å². The third-order valence-electron chi connectivity index (χ3n) is 4.34. The Bertz CT molecular complexity index is 1200. The second-order valence-corrected chi connectivity index (χ2v) is 6.33. The lowest BCUT2D eigenvalue weighted by Gasteiger charge is -2.09. The van der Waals surface area contributed by atoms with Crippen LogP contribution in [0, 0.1) is 0 Å². The molecule has 0 saturated heterocycles. The summed E-state index contributed by atoms with van der Waals surface area (Å²) in [6.45, 7) is 0. The number of ether oxygens (including phenoxy) is 2. The van der Waals surface area contributed by atoms with Crippen LogP contribution in [0.1, 0.15) is 41.4 Å². The molecular formula is C22H13NO7. The molecule has 3 aromatic rings. The third-order valence-corrected chi connectivity index (χ3v) is 4.34. The van der Waals surface area contributed by atoms with Gasteiger partial charge in [0, 0.05) is 17.3 Å². The zero-order chi connectivity index (χ0) is 21.3. The number of phenolic OH excluding ortho intramolecular Hbond substituents is 1. The van der Waals surface area contributed by atoms with Gasteiger partial charge in [0.2, 0.25) is 0 Å². The summed E-state index contributed by atoms with van der Waals surface area (Å²) >= 11 is 0. The minimum Gasteiger partial charge on any atom is -0.507 e. The summed E-state index contributed by atoms with van der Waals surface area (Å²) in [6, 6.07) is 16.3. The second-order valence-electron chi connectivity index (χ2n) is 6.33. The molecular weight excluding hydrogens is 390 g/mol. The molecule has 4 rings (SSSR count). The summed E-state index contributed by atoms with van der Waals surface area (Å²) < 4.78 is 9.67. The fraction of sp³-hybridized carbons (Fsp3) is 0. The van der Waals surface area contributed by atoms with Crippen molar-refractivity contribution < 1.29 is 33.8 Å². The Morgan fingerprint density at radius 2 is 1.60 bits per heavy atom. The Balaban J connectivity index is 1.49. The minimum atomic E-state index is -0.816. The number of phenols is 1. The van der Waals surface area contributed by atoms with Crippen LogP contribution in [0.2, 0.25) is 0 Å². The Morgan fingerprint density at radius 1 is 0.867 bits per heavy atom. The van der Waals surface area contributed by atoms with Gasteiger partial charge in [-0.25, -0.2) is 14.4 Å². The molecule has 0 saturated carbocycles. The molecule has 0 unspecified atom stereocenters. The number of benzene rings is 3. The molecule has 0 atom stereocenters. The maximum Gasteiger partial charge on any atom is 0.347 e. The second kappa shape index (κ2) is 7.51. The quantitative estimate of drug-likeness (QED) is 0.390. The number of carbonyl (C=O) groups excluding carboxylic acids is 4. The standard InChI is InChI=1S/C22H13NO7/c24-18-11-13(7-9-16(18)21(27)29-14-4-2-1-3-5-14)23-19(25)12-6-8-15-17(10-12)22(28)30-20(15)26/h1-11,24H,(H,23,25). The molecule has 2 N–H and O–H groups in total. The van der Waals surface area contributed by atoms with E-state index in [0.717, 1.165) is 0 Å². The number of nitrogens with one attached hydrogen (secondary N) is 1. The summed E-state index contributed by atoms with van der Waals surface area (Å²) in [7, 11) is 0. The molecule has 148 valence electrons. The summed E-state index contributed by atoms with van der Waals surface area (Å²) in [5.41, 5.74) is 0.362. The maximum absolute atomic E-state index is 12.5. The predicted octanol–water partition coefficient (Wildman–Crippen LogP) is 3.17. The van der Waals surface area contributed by atoms with Crippen molar-refractivity contribution in [1.29, 1.82) is 0 Å². The number of cyclic esters (lactones) is 2. The van der Waals surface area contributed by atoms with Gasteiger partial charge in [0.15, 0.2) is 0 Å². The van der Waals surface area contributed by atoms with Gasteiger partial charge in [-0.1, -0.05) is 18.2 Å². The summed E-state index contributed by atoms with van der Waals surface area (Å²) in [5.74, 6) is -2.96. The summed E-state index contributed by atoms with van der Waals surface area (Å²) in [5, 5.41) is 12.7. The SMILES string of the molecule is O=C(Nc1ccc(C(=O)Oc2ccccc2)c(O)c1)c1ccc2c(c1)C(=O)OC2=O. The van der Waals surface area contributed by atoms with Crippen molar-refractivity contribution in [2.24, 2.45) is 0 Å². The van der Waals surface area contributed by atoms with E-state index in [1.54, 1.807) is 30.3 Å². The van der Waals surface area contributed by atoms with Crippen LogP contribution in [0.3, 0.4) is 0 Å². The van der Waals surface area contributed by atoms with Crippen LogP contribution >= 0.6 is 0 Å². The number of aromatic hydroxyl groups is 1. The van der Waals surface area contributed by atoms with Crippen LogP contribution in [0.25, 0.3) is 0 Å². The van der Waals surface area contributed by atoms with E-state index >= 15 is 0 Å². The van der Waals surface area contributed by atoms with Crippen LogP contribution in [0.4, 0.5) is 5.69 Å². The topological polar surface area (TPSA) is 119 Å². The Morgan fingerprint density at radius 3 is 2.33 bits per heavy atom. The zero-order valence-electron chi connectivity index (χ0n) is 15.2. The number of esters is 3. The number of rotatable bonds is 4. The normalized spacial score (nSPS) is 12.1. The molecule has 0 spiro atoms. The predicted molar refractivity (Wildman–Crippen MR) is 104 cm³/mol. The summed E-state index contributed by atoms with van der Waals surface area (Å²) in [4.78, 5) is 47.8. The molecule has 0 radical (unpaired) electrons. The molecule has 0 bridgehead atoms. The van der Waals surface area contributed by atoms with Crippen LogP contribution in [-0.2, 0) is 4.74 Å². The molecule has 1 aliphatic heterocycles. The Kier molecular flexibility index (Phi) is 4.73. The maximum atomic E-state index is 12.5. The molecule has 3 aromatic carbocycles. The van der Waals surface area contributed by atoms with Crippen molar-refractivity contribution in [3.05, 3.63) is 89.0 Å². The highest BCUT2D eigenvalue weighted by Crippen LogP contribution is 2.25. The van der Waals surface area contributed by atoms with Crippen molar-refractivity contribution >= 4 is 29.5 Å². The van der Waals surface area contributed by atoms with Gasteiger partial charge in [0.1, 0.15) is 17.1 Å². The first-order chi connectivity index (χ1) is 14.4. The molecule has 0 aromatic heterocycles. The van der Waals surface area contributed by atoms with Gasteiger partial charge in [-0.05, 0) is 42.5 Å². The highest BCUT2D eigenvalue weighted by atomic mass is 16.6. The largest absolute Gasteiger partial charge is 0.507 e. The van der Waals surface area contributed by atoms with Crippen LogP contribution in [-0.4, -0.2) is 28.9 Å². The Labute approximate surface area is 169 Å². The monoisotopic (exact) mass is 403 g/mol. The first-order valence-electron chi connectivity index (χ1n) is 8.74. The van der Waals surface area contributed by atoms with Crippen LogP contribution < -0.4 is 10.1 Å². The lowest BCUT2D eigenvalue weighted by atomic mass is 10.1. The molecule has 1 heterocycles. The van der Waals surface area contributed by atoms with E-state index in [2.05, 4.69) is 10.1 Å². The van der Waals surface area contributed by atoms with Gasteiger partial charge < -0.3 is 19.9 Å². The van der Waals surface area contributed by atoms with Crippen molar-refractivity contribution in [3.8, 4) is 11.5 Å². The van der Waals surface area contributed by atoms with Crippen molar-refractivity contribution in [3.63, 3.8) is 0 Å². The van der Waals surface area contributed by atoms with Gasteiger partial charge in [-0.2, -0.15) is 0 Å². The smallest absolute Gasteiger partial charge is 0.347 e. The molecule has 1 aliphatic rings. The minimum absolute atomic E-state index is 0.00880. The van der Waals surface area contributed by atoms with Crippen molar-refractivity contribution in [2.45, 2.75) is 0 Å². The number of amides is 1. The van der Waals surface area contributed by atoms with Crippen LogP contribution in [0.15, 0.2) is 66.7 Å². The fourth-order valence-electron chi connectivity index (χ4n) is 2.86. The third kappa shape index (κ3) is 3.61. The van der Waals surface area contributed by atoms with E-state index in [4.69, 9.17) is 4.74 Å². The first-order valence-corrected chi connectivity index (χ1v) is 8.74. The zero-order valence-corrected chi connectivity index (χ0v) is 15.2. The highest BCUT2D eigenvalue weighted by Gasteiger charge is 2.30. The van der Waals surface area contributed by atoms with Crippen LogP contribution in [0.5, 0.6) is 11.5 Å².